The van der Waals surface area contributed by atoms with Gasteiger partial charge in [-0.1, -0.05) is 13.8 Å². The number of fused-ring (bicyclic) bond motifs is 6. The highest BCUT2D eigenvalue weighted by atomic mass is 19.1. The van der Waals surface area contributed by atoms with E-state index in [2.05, 4.69) is 31.2 Å². The summed E-state index contributed by atoms with van der Waals surface area (Å²) < 4.78 is 29.9. The Morgan fingerprint density at radius 3 is 1.43 bits per heavy atom. The molecule has 0 spiro atoms. The van der Waals surface area contributed by atoms with Gasteiger partial charge >= 0.3 is 0 Å². The van der Waals surface area contributed by atoms with Gasteiger partial charge in [0.05, 0.1) is 23.5 Å². The van der Waals surface area contributed by atoms with Crippen molar-refractivity contribution in [2.75, 3.05) is 14.1 Å². The molecule has 2 aromatic carbocycles. The third-order valence-electron chi connectivity index (χ3n) is 14.5. The van der Waals surface area contributed by atoms with E-state index in [9.17, 15) is 28.0 Å². The first-order chi connectivity index (χ1) is 28.8. The van der Waals surface area contributed by atoms with Crippen molar-refractivity contribution in [1.82, 2.24) is 41.0 Å². The summed E-state index contributed by atoms with van der Waals surface area (Å²) in [6, 6.07) is 7.09. The molecule has 14 heteroatoms. The van der Waals surface area contributed by atoms with Gasteiger partial charge in [0.1, 0.15) is 23.7 Å². The third kappa shape index (κ3) is 7.47. The van der Waals surface area contributed by atoms with Crippen LogP contribution in [0.3, 0.4) is 0 Å². The van der Waals surface area contributed by atoms with Gasteiger partial charge in [-0.05, 0) is 152 Å². The number of benzene rings is 2. The summed E-state index contributed by atoms with van der Waals surface area (Å²) in [6.07, 6.45) is 7.47. The van der Waals surface area contributed by atoms with Crippen LogP contribution in [0.15, 0.2) is 36.4 Å². The fourth-order valence-electron chi connectivity index (χ4n) is 11.0. The van der Waals surface area contributed by atoms with E-state index in [-0.39, 0.29) is 71.3 Å². The molecular weight excluding hydrogens is 767 g/mol. The monoisotopic (exact) mass is 826 g/mol. The van der Waals surface area contributed by atoms with E-state index in [0.717, 1.165) is 71.8 Å². The fourth-order valence-corrected chi connectivity index (χ4v) is 11.0. The summed E-state index contributed by atoms with van der Waals surface area (Å²) in [4.78, 5) is 66.1. The van der Waals surface area contributed by atoms with E-state index in [1.165, 1.54) is 24.3 Å². The number of aromatic amines is 2. The second-order valence-corrected chi connectivity index (χ2v) is 17.8. The summed E-state index contributed by atoms with van der Waals surface area (Å²) in [7, 11) is 3.43. The summed E-state index contributed by atoms with van der Waals surface area (Å²) in [6.45, 7) is 7.36. The predicted octanol–water partition coefficient (Wildman–Crippen LogP) is 5.44. The number of amides is 4. The normalized spacial score (nSPS) is 25.3. The molecule has 4 fully saturated rings. The number of piperidine rings is 2. The number of H-pyrrole nitrogens is 2. The van der Waals surface area contributed by atoms with E-state index in [4.69, 9.17) is 0 Å². The van der Waals surface area contributed by atoms with E-state index in [0.29, 0.717) is 36.7 Å². The highest BCUT2D eigenvalue weighted by molar-refractivity contribution is 5.97. The molecule has 12 nitrogen and oxygen atoms in total. The summed E-state index contributed by atoms with van der Waals surface area (Å²) in [5, 5.41) is 13.6. The molecule has 10 unspecified atom stereocenters. The van der Waals surface area contributed by atoms with E-state index < -0.39 is 24.2 Å². The molecule has 322 valence electrons. The van der Waals surface area contributed by atoms with Crippen molar-refractivity contribution in [3.05, 3.63) is 59.2 Å². The van der Waals surface area contributed by atoms with Crippen LogP contribution in [0.2, 0.25) is 0 Å². The third-order valence-corrected chi connectivity index (χ3v) is 14.5. The minimum absolute atomic E-state index is 0.0670. The van der Waals surface area contributed by atoms with Crippen LogP contribution in [-0.2, 0) is 32.0 Å². The van der Waals surface area contributed by atoms with Crippen molar-refractivity contribution in [2.24, 2.45) is 11.8 Å². The highest BCUT2D eigenvalue weighted by Gasteiger charge is 2.51. The Bertz CT molecular complexity index is 2130. The van der Waals surface area contributed by atoms with Gasteiger partial charge in [0.2, 0.25) is 23.6 Å². The van der Waals surface area contributed by atoms with Crippen LogP contribution in [0.25, 0.3) is 33.2 Å². The molecule has 2 aromatic heterocycles. The number of carbonyl (C=O) groups excluding carboxylic acids is 4. The van der Waals surface area contributed by atoms with Gasteiger partial charge in [0, 0.05) is 46.0 Å². The van der Waals surface area contributed by atoms with Gasteiger partial charge in [-0.3, -0.25) is 19.2 Å². The first kappa shape index (κ1) is 41.9. The number of halogens is 2. The molecule has 4 bridgehead atoms. The van der Waals surface area contributed by atoms with Gasteiger partial charge in [-0.15, -0.1) is 0 Å². The minimum Gasteiger partial charge on any atom is -0.353 e. The number of hydrogen-bond acceptors (Lipinski definition) is 6. The maximum atomic E-state index is 15.0. The van der Waals surface area contributed by atoms with Crippen molar-refractivity contribution in [2.45, 2.75) is 140 Å². The number of aromatic nitrogens is 2. The van der Waals surface area contributed by atoms with Gasteiger partial charge < -0.3 is 41.0 Å². The molecule has 2 aliphatic carbocycles. The lowest BCUT2D eigenvalue weighted by Gasteiger charge is -2.38. The molecule has 8 rings (SSSR count). The van der Waals surface area contributed by atoms with Gasteiger partial charge in [0.25, 0.3) is 0 Å². The smallest absolute Gasteiger partial charge is 0.245 e. The topological polar surface area (TPSA) is 154 Å². The lowest BCUT2D eigenvalue weighted by atomic mass is 9.88. The first-order valence-corrected chi connectivity index (χ1v) is 22.1. The van der Waals surface area contributed by atoms with Crippen LogP contribution in [0.1, 0.15) is 90.2 Å². The standard InChI is InChI=1S/C46H60F2N8O4/c1-7-35(53-43(57)23(3)49-5)45(59)55-29-13-9-25(17-29)39(55)21-33-31-15-11-27(47)19-37(31)51-41(33)42-34(32-16-12-28(48)20-38(32)52-42)22-40-26-10-14-30(18-26)56(40)46(60)36(8-2)54-44(58)24(4)50-6/h11-12,15-16,19-20,23-26,29-30,35-36,39-40,49-52H,7-10,13-14,17-18,21-22H2,1-6H3,(H,53,57)(H,54,58). The molecule has 6 N–H and O–H groups in total. The second-order valence-electron chi connectivity index (χ2n) is 17.8. The number of likely N-dealkylation sites (tertiary alicyclic amines) is 2. The Balaban J connectivity index is 1.18. The van der Waals surface area contributed by atoms with Crippen LogP contribution in [0.4, 0.5) is 8.78 Å². The van der Waals surface area contributed by atoms with Gasteiger partial charge in [0.15, 0.2) is 0 Å². The molecule has 2 saturated heterocycles. The number of carbonyl (C=O) groups is 4. The molecule has 0 radical (unpaired) electrons. The molecule has 4 amide bonds. The Kier molecular flexibility index (Phi) is 11.8. The lowest BCUT2D eigenvalue weighted by molar-refractivity contribution is -0.140. The van der Waals surface area contributed by atoms with Crippen molar-refractivity contribution in [1.29, 1.82) is 0 Å². The number of nitrogens with one attached hydrogen (secondary N) is 6. The molecule has 4 heterocycles. The summed E-state index contributed by atoms with van der Waals surface area (Å²) >= 11 is 0. The first-order valence-electron chi connectivity index (χ1n) is 22.1. The number of nitrogens with zero attached hydrogens (tertiary/aromatic N) is 2. The molecule has 4 aliphatic rings. The van der Waals surface area contributed by atoms with E-state index in [1.807, 2.05) is 23.6 Å². The Morgan fingerprint density at radius 2 is 1.07 bits per heavy atom. The maximum Gasteiger partial charge on any atom is 0.245 e. The summed E-state index contributed by atoms with van der Waals surface area (Å²) in [5.74, 6) is -0.857. The molecular formula is C46H60F2N8O4. The molecule has 60 heavy (non-hydrogen) atoms. The molecule has 2 saturated carbocycles. The lowest BCUT2D eigenvalue weighted by Crippen LogP contribution is -2.56. The second kappa shape index (κ2) is 16.9. The van der Waals surface area contributed by atoms with Crippen molar-refractivity contribution < 1.29 is 28.0 Å². The van der Waals surface area contributed by atoms with Crippen LogP contribution in [-0.4, -0.2) is 106 Å². The molecule has 2 aliphatic heterocycles. The Morgan fingerprint density at radius 1 is 0.667 bits per heavy atom. The number of likely N-dealkylation sites (N-methyl/N-ethyl adjacent to an activating group) is 2. The maximum absolute atomic E-state index is 15.0. The quantitative estimate of drug-likeness (QED) is 0.0939. The average molecular weight is 827 g/mol. The van der Waals surface area contributed by atoms with Crippen molar-refractivity contribution in [3.63, 3.8) is 0 Å². The van der Waals surface area contributed by atoms with E-state index in [1.54, 1.807) is 40.1 Å². The molecule has 4 aromatic rings. The van der Waals surface area contributed by atoms with Crippen LogP contribution in [0, 0.1) is 23.5 Å². The van der Waals surface area contributed by atoms with Crippen molar-refractivity contribution >= 4 is 45.4 Å². The molecule has 10 atom stereocenters. The zero-order chi connectivity index (χ0) is 42.6. The van der Waals surface area contributed by atoms with Crippen LogP contribution in [0.5, 0.6) is 0 Å². The van der Waals surface area contributed by atoms with E-state index >= 15 is 0 Å². The zero-order valence-corrected chi connectivity index (χ0v) is 35.6. The average Bonchev–Trinajstić information content (AvgIpc) is 4.12. The minimum atomic E-state index is -0.665. The fraction of sp³-hybridized carbons (Fsp3) is 0.565. The van der Waals surface area contributed by atoms with Gasteiger partial charge in [-0.2, -0.15) is 0 Å². The summed E-state index contributed by atoms with van der Waals surface area (Å²) in [5.41, 5.74) is 4.60. The van der Waals surface area contributed by atoms with Crippen molar-refractivity contribution in [3.8, 4) is 11.4 Å². The van der Waals surface area contributed by atoms with Crippen LogP contribution >= 0.6 is 0 Å². The predicted molar refractivity (Wildman–Crippen MR) is 228 cm³/mol. The highest BCUT2D eigenvalue weighted by Crippen LogP contribution is 2.48. The van der Waals surface area contributed by atoms with Gasteiger partial charge in [-0.25, -0.2) is 8.78 Å². The SMILES string of the molecule is CCC(NC(=O)C(C)NC)C(=O)N1C2CCC(C2)C1Cc1c(-c2[nH]c3cc(F)ccc3c2CC2C3CCC(C3)N2C(=O)C(CC)NC(=O)C(C)NC)[nH]c2cc(F)ccc12. The largest absolute Gasteiger partial charge is 0.353 e. The number of rotatable bonds is 15. The number of hydrogen-bond donors (Lipinski definition) is 6. The Labute approximate surface area is 350 Å². The Hall–Kier alpha value is -4.82. The van der Waals surface area contributed by atoms with Crippen LogP contribution < -0.4 is 21.3 Å². The zero-order valence-electron chi connectivity index (χ0n) is 35.6.